The van der Waals surface area contributed by atoms with Gasteiger partial charge in [0.25, 0.3) is 0 Å². The zero-order valence-corrected chi connectivity index (χ0v) is 11.3. The van der Waals surface area contributed by atoms with Crippen molar-refractivity contribution in [1.29, 1.82) is 0 Å². The Bertz CT molecular complexity index is 182. The fourth-order valence-corrected chi connectivity index (χ4v) is 1.79. The zero-order chi connectivity index (χ0) is 12.5. The summed E-state index contributed by atoms with van der Waals surface area (Å²) < 4.78 is 5.51. The average molecular weight is 244 g/mol. The van der Waals surface area contributed by atoms with Crippen molar-refractivity contribution in [2.75, 3.05) is 45.9 Å². The van der Waals surface area contributed by atoms with E-state index in [1.54, 1.807) is 0 Å². The van der Waals surface area contributed by atoms with Crippen LogP contribution in [-0.2, 0) is 4.74 Å². The first kappa shape index (κ1) is 14.9. The number of hydrogen-bond donors (Lipinski definition) is 2. The highest BCUT2D eigenvalue weighted by Crippen LogP contribution is 2.28. The molecule has 1 unspecified atom stereocenters. The summed E-state index contributed by atoms with van der Waals surface area (Å²) in [5, 5.41) is 13.0. The van der Waals surface area contributed by atoms with Crippen molar-refractivity contribution in [1.82, 2.24) is 10.2 Å². The average Bonchev–Trinajstić information content (AvgIpc) is 3.14. The van der Waals surface area contributed by atoms with Gasteiger partial charge in [0.2, 0.25) is 0 Å². The number of likely N-dealkylation sites (N-methyl/N-ethyl adjacent to an activating group) is 1. The van der Waals surface area contributed by atoms with Crippen molar-refractivity contribution >= 4 is 0 Å². The minimum absolute atomic E-state index is 0.279. The van der Waals surface area contributed by atoms with E-state index in [-0.39, 0.29) is 6.10 Å². The summed E-state index contributed by atoms with van der Waals surface area (Å²) in [5.74, 6) is 0.836. The summed E-state index contributed by atoms with van der Waals surface area (Å²) in [6.45, 7) is 10.2. The van der Waals surface area contributed by atoms with Gasteiger partial charge in [-0.25, -0.2) is 0 Å². The first-order valence-electron chi connectivity index (χ1n) is 6.95. The normalized spacial score (nSPS) is 17.6. The number of hydrogen-bond acceptors (Lipinski definition) is 4. The van der Waals surface area contributed by atoms with Gasteiger partial charge >= 0.3 is 0 Å². The van der Waals surface area contributed by atoms with Gasteiger partial charge in [-0.2, -0.15) is 0 Å². The van der Waals surface area contributed by atoms with Crippen LogP contribution in [-0.4, -0.2) is 62.0 Å². The summed E-state index contributed by atoms with van der Waals surface area (Å²) in [5.41, 5.74) is 0. The minimum atomic E-state index is -0.279. The standard InChI is InChI=1S/C13H28N2O2/c1-3-15(4-2)10-13(16)9-14-7-8-17-11-12-5-6-12/h12-14,16H,3-11H2,1-2H3. The van der Waals surface area contributed by atoms with Crippen LogP contribution in [0.4, 0.5) is 0 Å². The first-order valence-corrected chi connectivity index (χ1v) is 6.95. The van der Waals surface area contributed by atoms with Crippen LogP contribution in [0.15, 0.2) is 0 Å². The molecule has 0 aromatic carbocycles. The van der Waals surface area contributed by atoms with Crippen LogP contribution in [0.1, 0.15) is 26.7 Å². The van der Waals surface area contributed by atoms with Gasteiger partial charge in [-0.15, -0.1) is 0 Å². The Balaban J connectivity index is 1.86. The largest absolute Gasteiger partial charge is 0.390 e. The van der Waals surface area contributed by atoms with E-state index in [9.17, 15) is 5.11 Å². The van der Waals surface area contributed by atoms with E-state index >= 15 is 0 Å². The van der Waals surface area contributed by atoms with E-state index in [1.807, 2.05) is 0 Å². The summed E-state index contributed by atoms with van der Waals surface area (Å²) >= 11 is 0. The Labute approximate surface area is 105 Å². The van der Waals surface area contributed by atoms with Crippen molar-refractivity contribution in [3.05, 3.63) is 0 Å². The Morgan fingerprint density at radius 1 is 1.35 bits per heavy atom. The van der Waals surface area contributed by atoms with Crippen molar-refractivity contribution < 1.29 is 9.84 Å². The third kappa shape index (κ3) is 7.71. The number of aliphatic hydroxyl groups is 1. The summed E-state index contributed by atoms with van der Waals surface area (Å²) in [7, 11) is 0. The molecule has 0 aliphatic heterocycles. The van der Waals surface area contributed by atoms with Gasteiger partial charge in [0, 0.05) is 26.2 Å². The molecular formula is C13H28N2O2. The highest BCUT2D eigenvalue weighted by Gasteiger charge is 2.20. The molecule has 0 spiro atoms. The minimum Gasteiger partial charge on any atom is -0.390 e. The van der Waals surface area contributed by atoms with Crippen molar-refractivity contribution in [3.63, 3.8) is 0 Å². The van der Waals surface area contributed by atoms with E-state index in [0.29, 0.717) is 6.54 Å². The Kier molecular flexibility index (Phi) is 7.77. The predicted molar refractivity (Wildman–Crippen MR) is 70.2 cm³/mol. The van der Waals surface area contributed by atoms with Gasteiger partial charge in [-0.1, -0.05) is 13.8 Å². The highest BCUT2D eigenvalue weighted by molar-refractivity contribution is 4.72. The van der Waals surface area contributed by atoms with Crippen LogP contribution >= 0.6 is 0 Å². The lowest BCUT2D eigenvalue weighted by atomic mass is 10.3. The molecule has 4 nitrogen and oxygen atoms in total. The second-order valence-corrected chi connectivity index (χ2v) is 4.86. The van der Waals surface area contributed by atoms with E-state index in [2.05, 4.69) is 24.1 Å². The van der Waals surface area contributed by atoms with Crippen LogP contribution in [0.5, 0.6) is 0 Å². The van der Waals surface area contributed by atoms with Gasteiger partial charge in [-0.05, 0) is 31.8 Å². The van der Waals surface area contributed by atoms with Crippen molar-refractivity contribution in [2.45, 2.75) is 32.8 Å². The van der Waals surface area contributed by atoms with Gasteiger partial charge in [0.15, 0.2) is 0 Å². The molecule has 0 amide bonds. The molecule has 2 N–H and O–H groups in total. The first-order chi connectivity index (χ1) is 8.26. The molecular weight excluding hydrogens is 216 g/mol. The molecule has 1 fully saturated rings. The molecule has 0 heterocycles. The highest BCUT2D eigenvalue weighted by atomic mass is 16.5. The molecule has 0 radical (unpaired) electrons. The Hall–Kier alpha value is -0.160. The number of rotatable bonds is 11. The van der Waals surface area contributed by atoms with E-state index in [4.69, 9.17) is 4.74 Å². The molecule has 17 heavy (non-hydrogen) atoms. The number of ether oxygens (including phenoxy) is 1. The molecule has 0 aromatic rings. The SMILES string of the molecule is CCN(CC)CC(O)CNCCOCC1CC1. The van der Waals surface area contributed by atoms with Gasteiger partial charge in [0.1, 0.15) is 0 Å². The van der Waals surface area contributed by atoms with Gasteiger partial charge in [0.05, 0.1) is 12.7 Å². The second kappa shape index (κ2) is 8.86. The number of aliphatic hydroxyl groups excluding tert-OH is 1. The van der Waals surface area contributed by atoms with E-state index in [1.165, 1.54) is 12.8 Å². The van der Waals surface area contributed by atoms with Gasteiger partial charge < -0.3 is 20.1 Å². The molecule has 1 rings (SSSR count). The Morgan fingerprint density at radius 2 is 2.06 bits per heavy atom. The van der Waals surface area contributed by atoms with Crippen LogP contribution < -0.4 is 5.32 Å². The van der Waals surface area contributed by atoms with Crippen LogP contribution in [0, 0.1) is 5.92 Å². The van der Waals surface area contributed by atoms with Crippen LogP contribution in [0.3, 0.4) is 0 Å². The number of nitrogens with zero attached hydrogens (tertiary/aromatic N) is 1. The van der Waals surface area contributed by atoms with Crippen molar-refractivity contribution in [2.24, 2.45) is 5.92 Å². The monoisotopic (exact) mass is 244 g/mol. The predicted octanol–water partition coefficient (Wildman–Crippen LogP) is 0.705. The molecule has 0 saturated heterocycles. The fraction of sp³-hybridized carbons (Fsp3) is 1.00. The second-order valence-electron chi connectivity index (χ2n) is 4.86. The van der Waals surface area contributed by atoms with Crippen LogP contribution in [0.25, 0.3) is 0 Å². The summed E-state index contributed by atoms with van der Waals surface area (Å²) in [6, 6.07) is 0. The smallest absolute Gasteiger partial charge is 0.0791 e. The lowest BCUT2D eigenvalue weighted by molar-refractivity contribution is 0.104. The molecule has 1 saturated carbocycles. The molecule has 0 aromatic heterocycles. The maximum absolute atomic E-state index is 9.79. The van der Waals surface area contributed by atoms with E-state index in [0.717, 1.165) is 45.3 Å². The molecule has 102 valence electrons. The van der Waals surface area contributed by atoms with Crippen molar-refractivity contribution in [3.8, 4) is 0 Å². The summed E-state index contributed by atoms with van der Waals surface area (Å²) in [4.78, 5) is 2.23. The summed E-state index contributed by atoms with van der Waals surface area (Å²) in [6.07, 6.45) is 2.41. The molecule has 0 bridgehead atoms. The maximum Gasteiger partial charge on any atom is 0.0791 e. The molecule has 4 heteroatoms. The number of nitrogens with one attached hydrogen (secondary N) is 1. The van der Waals surface area contributed by atoms with Crippen LogP contribution in [0.2, 0.25) is 0 Å². The zero-order valence-electron chi connectivity index (χ0n) is 11.3. The lowest BCUT2D eigenvalue weighted by Gasteiger charge is -2.22. The third-order valence-electron chi connectivity index (χ3n) is 3.22. The fourth-order valence-electron chi connectivity index (χ4n) is 1.79. The maximum atomic E-state index is 9.79. The third-order valence-corrected chi connectivity index (χ3v) is 3.22. The van der Waals surface area contributed by atoms with Gasteiger partial charge in [-0.3, -0.25) is 0 Å². The van der Waals surface area contributed by atoms with E-state index < -0.39 is 0 Å². The quantitative estimate of drug-likeness (QED) is 0.525. The topological polar surface area (TPSA) is 44.7 Å². The molecule has 1 atom stereocenters. The molecule has 1 aliphatic rings. The Morgan fingerprint density at radius 3 is 2.65 bits per heavy atom. The lowest BCUT2D eigenvalue weighted by Crippen LogP contribution is -2.39. The molecule has 1 aliphatic carbocycles.